The summed E-state index contributed by atoms with van der Waals surface area (Å²) in [4.78, 5) is 4.65. The molecule has 0 fully saturated rings. The molecule has 150 valence electrons. The zero-order valence-electron chi connectivity index (χ0n) is 16.5. The van der Waals surface area contributed by atoms with Gasteiger partial charge in [0.1, 0.15) is 5.78 Å². The molecule has 0 aliphatic carbocycles. The van der Waals surface area contributed by atoms with Crippen molar-refractivity contribution in [3.63, 3.8) is 0 Å². The Bertz CT molecular complexity index is 1210. The predicted molar refractivity (Wildman–Crippen MR) is 123 cm³/mol. The van der Waals surface area contributed by atoms with Crippen LogP contribution in [0.3, 0.4) is 0 Å². The van der Waals surface area contributed by atoms with Crippen molar-refractivity contribution in [1.29, 1.82) is 0 Å². The van der Waals surface area contributed by atoms with Crippen LogP contribution < -0.4 is 10.6 Å². The molecule has 1 aliphatic rings. The lowest BCUT2D eigenvalue weighted by atomic mass is 10.2. The fourth-order valence-corrected chi connectivity index (χ4v) is 7.24. The molecule has 0 radical (unpaired) electrons. The Balaban J connectivity index is 1.53. The van der Waals surface area contributed by atoms with Crippen molar-refractivity contribution in [2.45, 2.75) is 23.6 Å². The van der Waals surface area contributed by atoms with Crippen molar-refractivity contribution in [1.82, 2.24) is 14.5 Å². The van der Waals surface area contributed by atoms with Crippen LogP contribution in [0.25, 0.3) is 0 Å². The molecule has 1 aliphatic heterocycles. The summed E-state index contributed by atoms with van der Waals surface area (Å²) in [5.41, 5.74) is 3.30. The summed E-state index contributed by atoms with van der Waals surface area (Å²) in [6.07, 6.45) is 0. The van der Waals surface area contributed by atoms with Gasteiger partial charge in [0.15, 0.2) is 0 Å². The van der Waals surface area contributed by atoms with E-state index in [4.69, 9.17) is 0 Å². The lowest BCUT2D eigenvalue weighted by Crippen LogP contribution is -2.16. The van der Waals surface area contributed by atoms with Crippen molar-refractivity contribution in [2.75, 3.05) is 5.32 Å². The number of fused-ring (bicyclic) bond motifs is 1. The molecule has 2 atom stereocenters. The molecule has 0 spiro atoms. The van der Waals surface area contributed by atoms with Crippen molar-refractivity contribution < 1.29 is 4.57 Å². The predicted octanol–water partition coefficient (Wildman–Crippen LogP) is 5.45. The highest BCUT2D eigenvalue weighted by Crippen LogP contribution is 2.63. The minimum absolute atomic E-state index is 0.385. The van der Waals surface area contributed by atoms with Gasteiger partial charge in [-0.3, -0.25) is 4.57 Å². The maximum absolute atomic E-state index is 14.6. The van der Waals surface area contributed by atoms with Crippen molar-refractivity contribution in [3.05, 3.63) is 102 Å². The van der Waals surface area contributed by atoms with Gasteiger partial charge in [-0.2, -0.15) is 9.44 Å². The van der Waals surface area contributed by atoms with Gasteiger partial charge in [0, 0.05) is 11.1 Å². The number of benzene rings is 3. The highest BCUT2D eigenvalue weighted by molar-refractivity contribution is 7.98. The van der Waals surface area contributed by atoms with Crippen LogP contribution in [0.2, 0.25) is 0 Å². The molecule has 0 amide bonds. The molecular weight excluding hydrogens is 411 g/mol. The van der Waals surface area contributed by atoms with Gasteiger partial charge in [-0.25, -0.2) is 0 Å². The number of nitrogens with one attached hydrogen (secondary N) is 1. The second-order valence-corrected chi connectivity index (χ2v) is 10.9. The van der Waals surface area contributed by atoms with E-state index in [0.29, 0.717) is 11.1 Å². The summed E-state index contributed by atoms with van der Waals surface area (Å²) in [6.45, 7) is 2.03. The number of thioether (sulfide) groups is 1. The zero-order chi connectivity index (χ0) is 20.6. The van der Waals surface area contributed by atoms with E-state index in [1.165, 1.54) is 5.56 Å². The van der Waals surface area contributed by atoms with Crippen LogP contribution in [-0.2, 0) is 10.3 Å². The summed E-state index contributed by atoms with van der Waals surface area (Å²) >= 11 is 1.55. The number of rotatable bonds is 5. The quantitative estimate of drug-likeness (QED) is 0.335. The van der Waals surface area contributed by atoms with Crippen LogP contribution in [0.4, 0.5) is 5.95 Å². The molecule has 30 heavy (non-hydrogen) atoms. The van der Waals surface area contributed by atoms with Crippen LogP contribution in [0.15, 0.2) is 90.1 Å². The molecule has 3 aromatic carbocycles. The van der Waals surface area contributed by atoms with Gasteiger partial charge in [-0.1, -0.05) is 90.1 Å². The number of aromatic nitrogens is 3. The second kappa shape index (κ2) is 7.78. The highest BCUT2D eigenvalue weighted by Gasteiger charge is 2.47. The van der Waals surface area contributed by atoms with Gasteiger partial charge in [-0.15, -0.1) is 5.10 Å². The van der Waals surface area contributed by atoms with E-state index in [9.17, 15) is 4.57 Å². The van der Waals surface area contributed by atoms with Crippen molar-refractivity contribution in [3.8, 4) is 0 Å². The lowest BCUT2D eigenvalue weighted by Gasteiger charge is -2.21. The van der Waals surface area contributed by atoms with E-state index in [1.54, 1.807) is 16.2 Å². The maximum atomic E-state index is 14.6. The number of anilines is 1. The normalized spacial score (nSPS) is 20.0. The minimum Gasteiger partial charge on any atom is -0.338 e. The Morgan fingerprint density at radius 1 is 0.967 bits per heavy atom. The molecule has 5 nitrogen and oxygen atoms in total. The Morgan fingerprint density at radius 3 is 2.33 bits per heavy atom. The fourth-order valence-electron chi connectivity index (χ4n) is 3.62. The van der Waals surface area contributed by atoms with E-state index in [2.05, 4.69) is 27.5 Å². The van der Waals surface area contributed by atoms with E-state index in [-0.39, 0.29) is 5.78 Å². The molecule has 2 heterocycles. The standard InChI is InChI=1S/C23H21N4OPS/c1-17-12-14-20(15-13-17)29(28)21(19-10-6-3-7-11-19)24-22-25-23(26-27(22)29)30-16-18-8-4-2-5-9-18/h2-15,21H,16H2,1H3,(H,24,25,26). The Kier molecular flexibility index (Phi) is 4.97. The number of nitrogens with zero attached hydrogens (tertiary/aromatic N) is 3. The van der Waals surface area contributed by atoms with E-state index in [0.717, 1.165) is 22.2 Å². The first-order valence-electron chi connectivity index (χ1n) is 9.78. The Labute approximate surface area is 180 Å². The minimum atomic E-state index is -3.12. The Morgan fingerprint density at radius 2 is 1.63 bits per heavy atom. The number of hydrogen-bond donors (Lipinski definition) is 1. The Hall–Kier alpha value is -2.82. The monoisotopic (exact) mass is 432 g/mol. The molecule has 0 bridgehead atoms. The van der Waals surface area contributed by atoms with Gasteiger partial charge < -0.3 is 5.32 Å². The van der Waals surface area contributed by atoms with Crippen molar-refractivity contribution in [2.24, 2.45) is 0 Å². The van der Waals surface area contributed by atoms with Gasteiger partial charge in [0.05, 0.1) is 0 Å². The summed E-state index contributed by atoms with van der Waals surface area (Å²) in [5, 5.41) is 9.46. The third kappa shape index (κ3) is 3.36. The van der Waals surface area contributed by atoms with Crippen LogP contribution >= 0.6 is 19.1 Å². The first-order chi connectivity index (χ1) is 14.6. The molecule has 5 rings (SSSR count). The van der Waals surface area contributed by atoms with Gasteiger partial charge in [0.25, 0.3) is 0 Å². The van der Waals surface area contributed by atoms with Crippen LogP contribution in [0.1, 0.15) is 22.5 Å². The zero-order valence-corrected chi connectivity index (χ0v) is 18.2. The molecule has 1 N–H and O–H groups in total. The van der Waals surface area contributed by atoms with E-state index in [1.807, 2.05) is 79.7 Å². The molecule has 7 heteroatoms. The summed E-state index contributed by atoms with van der Waals surface area (Å²) < 4.78 is 16.2. The first kappa shape index (κ1) is 19.2. The largest absolute Gasteiger partial charge is 0.338 e. The average Bonchev–Trinajstić information content (AvgIpc) is 3.32. The third-order valence-corrected chi connectivity index (χ3v) is 9.11. The average molecular weight is 432 g/mol. The third-order valence-electron chi connectivity index (χ3n) is 5.20. The number of hydrogen-bond acceptors (Lipinski definition) is 5. The van der Waals surface area contributed by atoms with Gasteiger partial charge in [-0.05, 0) is 30.2 Å². The topological polar surface area (TPSA) is 59.8 Å². The molecule has 4 aromatic rings. The fraction of sp³-hybridized carbons (Fsp3) is 0.130. The molecule has 2 unspecified atom stereocenters. The van der Waals surface area contributed by atoms with Crippen molar-refractivity contribution >= 4 is 30.3 Å². The first-order valence-corrected chi connectivity index (χ1v) is 12.5. The van der Waals surface area contributed by atoms with Gasteiger partial charge in [0.2, 0.25) is 18.4 Å². The molecular formula is C23H21N4OPS. The lowest BCUT2D eigenvalue weighted by molar-refractivity contribution is 0.568. The second-order valence-electron chi connectivity index (χ2n) is 7.30. The maximum Gasteiger partial charge on any atom is 0.248 e. The molecule has 0 saturated carbocycles. The SMILES string of the molecule is Cc1ccc(P2(=O)C(c3ccccc3)Nc3nc(SCc4ccccc4)nn32)cc1. The highest BCUT2D eigenvalue weighted by atomic mass is 32.2. The van der Waals surface area contributed by atoms with Crippen LogP contribution in [0.5, 0.6) is 0 Å². The smallest absolute Gasteiger partial charge is 0.248 e. The number of aryl methyl sites for hydroxylation is 1. The van der Waals surface area contributed by atoms with Crippen LogP contribution in [-0.4, -0.2) is 14.5 Å². The van der Waals surface area contributed by atoms with E-state index >= 15 is 0 Å². The summed E-state index contributed by atoms with van der Waals surface area (Å²) in [6, 6.07) is 28.0. The van der Waals surface area contributed by atoms with E-state index < -0.39 is 7.29 Å². The molecule has 1 aromatic heterocycles. The van der Waals surface area contributed by atoms with Gasteiger partial charge >= 0.3 is 0 Å². The van der Waals surface area contributed by atoms with Crippen LogP contribution in [0, 0.1) is 6.92 Å². The summed E-state index contributed by atoms with van der Waals surface area (Å²) in [5.74, 6) is 0.939. The molecule has 0 saturated heterocycles. The summed E-state index contributed by atoms with van der Waals surface area (Å²) in [7, 11) is -3.12.